The van der Waals surface area contributed by atoms with Gasteiger partial charge >= 0.3 is 0 Å². The quantitative estimate of drug-likeness (QED) is 0.535. The lowest BCUT2D eigenvalue weighted by molar-refractivity contribution is 0.432. The van der Waals surface area contributed by atoms with Gasteiger partial charge in [-0.2, -0.15) is 4.98 Å². The van der Waals surface area contributed by atoms with E-state index >= 15 is 0 Å². The highest BCUT2D eigenvalue weighted by Crippen LogP contribution is 2.30. The third-order valence-electron chi connectivity index (χ3n) is 3.34. The number of nitrogens with zero attached hydrogens (tertiary/aromatic N) is 3. The van der Waals surface area contributed by atoms with Gasteiger partial charge in [-0.3, -0.25) is 0 Å². The summed E-state index contributed by atoms with van der Waals surface area (Å²) in [7, 11) is 0. The van der Waals surface area contributed by atoms with E-state index in [1.54, 1.807) is 25.1 Å². The first kappa shape index (κ1) is 13.9. The summed E-state index contributed by atoms with van der Waals surface area (Å²) in [5.74, 6) is 0.671. The molecule has 23 heavy (non-hydrogen) atoms. The zero-order valence-electron chi connectivity index (χ0n) is 11.9. The van der Waals surface area contributed by atoms with Gasteiger partial charge in [-0.05, 0) is 36.4 Å². The van der Waals surface area contributed by atoms with Gasteiger partial charge in [0.2, 0.25) is 5.82 Å². The maximum absolute atomic E-state index is 13.4. The van der Waals surface area contributed by atoms with E-state index in [9.17, 15) is 4.39 Å². The van der Waals surface area contributed by atoms with Crippen LogP contribution in [0.25, 0.3) is 33.9 Å². The number of aromatic nitrogens is 3. The van der Waals surface area contributed by atoms with Gasteiger partial charge < -0.3 is 8.94 Å². The zero-order valence-corrected chi connectivity index (χ0v) is 12.6. The minimum absolute atomic E-state index is 0.154. The molecule has 0 bridgehead atoms. The molecule has 0 aliphatic carbocycles. The summed E-state index contributed by atoms with van der Waals surface area (Å²) >= 11 is 6.05. The van der Waals surface area contributed by atoms with E-state index in [0.717, 1.165) is 0 Å². The molecule has 4 rings (SSSR count). The van der Waals surface area contributed by atoms with Crippen LogP contribution in [-0.2, 0) is 0 Å². The lowest BCUT2D eigenvalue weighted by Gasteiger charge is -1.97. The van der Waals surface area contributed by atoms with Crippen LogP contribution in [0.15, 0.2) is 45.3 Å². The number of fused-ring (bicyclic) bond motifs is 1. The molecule has 0 atom stereocenters. The summed E-state index contributed by atoms with van der Waals surface area (Å²) in [6, 6.07) is 9.35. The van der Waals surface area contributed by atoms with Crippen molar-refractivity contribution in [3.8, 4) is 22.8 Å². The molecule has 0 radical (unpaired) electrons. The predicted octanol–water partition coefficient (Wildman–Crippen LogP) is 4.65. The van der Waals surface area contributed by atoms with Crippen molar-refractivity contribution in [2.75, 3.05) is 0 Å². The number of hydrogen-bond acceptors (Lipinski definition) is 5. The van der Waals surface area contributed by atoms with Gasteiger partial charge in [-0.25, -0.2) is 9.37 Å². The second kappa shape index (κ2) is 5.17. The minimum atomic E-state index is -0.427. The van der Waals surface area contributed by atoms with Gasteiger partial charge in [-0.15, -0.1) is 0 Å². The van der Waals surface area contributed by atoms with Gasteiger partial charge in [-0.1, -0.05) is 16.8 Å². The van der Waals surface area contributed by atoms with E-state index in [0.29, 0.717) is 39.0 Å². The largest absolute Gasteiger partial charge is 0.441 e. The average Bonchev–Trinajstić information content (AvgIpc) is 3.14. The number of halogens is 2. The van der Waals surface area contributed by atoms with E-state index in [1.165, 1.54) is 18.2 Å². The van der Waals surface area contributed by atoms with Crippen molar-refractivity contribution in [3.63, 3.8) is 0 Å². The Morgan fingerprint density at radius 1 is 1.09 bits per heavy atom. The zero-order chi connectivity index (χ0) is 16.0. The van der Waals surface area contributed by atoms with E-state index < -0.39 is 5.82 Å². The van der Waals surface area contributed by atoms with Gasteiger partial charge in [0.05, 0.1) is 10.6 Å². The second-order valence-corrected chi connectivity index (χ2v) is 5.37. The smallest absolute Gasteiger partial charge is 0.259 e. The van der Waals surface area contributed by atoms with Crippen LogP contribution < -0.4 is 0 Å². The summed E-state index contributed by atoms with van der Waals surface area (Å²) in [6.45, 7) is 1.78. The van der Waals surface area contributed by atoms with Crippen LogP contribution in [0.1, 0.15) is 5.89 Å². The fourth-order valence-electron chi connectivity index (χ4n) is 2.29. The monoisotopic (exact) mass is 329 g/mol. The number of rotatable bonds is 2. The Morgan fingerprint density at radius 2 is 1.96 bits per heavy atom. The molecule has 2 aromatic carbocycles. The Kier molecular flexibility index (Phi) is 3.12. The molecular formula is C16H9ClFN3O2. The Morgan fingerprint density at radius 3 is 2.83 bits per heavy atom. The maximum Gasteiger partial charge on any atom is 0.259 e. The van der Waals surface area contributed by atoms with Gasteiger partial charge in [0.15, 0.2) is 11.5 Å². The van der Waals surface area contributed by atoms with Crippen molar-refractivity contribution in [2.45, 2.75) is 6.92 Å². The highest BCUT2D eigenvalue weighted by molar-refractivity contribution is 6.33. The second-order valence-electron chi connectivity index (χ2n) is 4.96. The highest BCUT2D eigenvalue weighted by atomic mass is 35.5. The fourth-order valence-corrected chi connectivity index (χ4v) is 2.49. The molecule has 114 valence electrons. The van der Waals surface area contributed by atoms with Crippen LogP contribution in [0.5, 0.6) is 0 Å². The van der Waals surface area contributed by atoms with E-state index in [-0.39, 0.29) is 5.89 Å². The fraction of sp³-hybridized carbons (Fsp3) is 0.0625. The van der Waals surface area contributed by atoms with E-state index in [4.69, 9.17) is 20.5 Å². The van der Waals surface area contributed by atoms with Crippen molar-refractivity contribution >= 4 is 22.7 Å². The van der Waals surface area contributed by atoms with Gasteiger partial charge in [0, 0.05) is 12.5 Å². The molecular weight excluding hydrogens is 321 g/mol. The molecule has 0 saturated heterocycles. The Bertz CT molecular complexity index is 1030. The minimum Gasteiger partial charge on any atom is -0.441 e. The number of aryl methyl sites for hydroxylation is 1. The molecule has 0 aliphatic heterocycles. The molecule has 0 saturated carbocycles. The third-order valence-corrected chi connectivity index (χ3v) is 3.67. The van der Waals surface area contributed by atoms with Crippen LogP contribution in [0.2, 0.25) is 5.02 Å². The summed E-state index contributed by atoms with van der Waals surface area (Å²) in [4.78, 5) is 8.55. The molecule has 0 fully saturated rings. The third kappa shape index (κ3) is 2.47. The molecule has 0 unspecified atom stereocenters. The van der Waals surface area contributed by atoms with Crippen LogP contribution in [0.4, 0.5) is 4.39 Å². The number of oxazole rings is 1. The normalized spacial score (nSPS) is 11.3. The standard InChI is InChI=1S/C16H9ClFN3O2/c1-8-19-13-6-9(2-5-14(13)22-8)15-20-16(23-21-15)11-7-10(18)3-4-12(11)17/h2-7H,1H3. The van der Waals surface area contributed by atoms with E-state index in [2.05, 4.69) is 15.1 Å². The van der Waals surface area contributed by atoms with Gasteiger partial charge in [0.25, 0.3) is 5.89 Å². The average molecular weight is 330 g/mol. The molecule has 4 aromatic rings. The van der Waals surface area contributed by atoms with Crippen LogP contribution >= 0.6 is 11.6 Å². The van der Waals surface area contributed by atoms with Gasteiger partial charge in [0.1, 0.15) is 11.3 Å². The SMILES string of the molecule is Cc1nc2cc(-c3noc(-c4cc(F)ccc4Cl)n3)ccc2o1. The van der Waals surface area contributed by atoms with Crippen molar-refractivity contribution < 1.29 is 13.3 Å². The highest BCUT2D eigenvalue weighted by Gasteiger charge is 2.15. The van der Waals surface area contributed by atoms with Crippen molar-refractivity contribution in [2.24, 2.45) is 0 Å². The first-order chi connectivity index (χ1) is 11.1. The van der Waals surface area contributed by atoms with Crippen molar-refractivity contribution in [1.82, 2.24) is 15.1 Å². The molecule has 7 heteroatoms. The Hall–Kier alpha value is -2.73. The lowest BCUT2D eigenvalue weighted by atomic mass is 10.2. The first-order valence-corrected chi connectivity index (χ1v) is 7.14. The molecule has 5 nitrogen and oxygen atoms in total. The molecule has 0 N–H and O–H groups in total. The van der Waals surface area contributed by atoms with Crippen molar-refractivity contribution in [1.29, 1.82) is 0 Å². The molecule has 0 aliphatic rings. The summed E-state index contributed by atoms with van der Waals surface area (Å²) < 4.78 is 24.0. The van der Waals surface area contributed by atoms with Crippen LogP contribution in [0.3, 0.4) is 0 Å². The van der Waals surface area contributed by atoms with Crippen molar-refractivity contribution in [3.05, 3.63) is 53.1 Å². The predicted molar refractivity (Wildman–Crippen MR) is 82.4 cm³/mol. The molecule has 2 heterocycles. The summed E-state index contributed by atoms with van der Waals surface area (Å²) in [5, 5.41) is 4.26. The maximum atomic E-state index is 13.4. The molecule has 0 amide bonds. The molecule has 0 spiro atoms. The van der Waals surface area contributed by atoms with Crippen LogP contribution in [0, 0.1) is 12.7 Å². The number of hydrogen-bond donors (Lipinski definition) is 0. The topological polar surface area (TPSA) is 65.0 Å². The number of benzene rings is 2. The Labute approximate surface area is 134 Å². The summed E-state index contributed by atoms with van der Waals surface area (Å²) in [5.41, 5.74) is 2.45. The Balaban J connectivity index is 1.78. The first-order valence-electron chi connectivity index (χ1n) is 6.77. The molecule has 2 aromatic heterocycles. The van der Waals surface area contributed by atoms with Crippen LogP contribution in [-0.4, -0.2) is 15.1 Å². The lowest BCUT2D eigenvalue weighted by Crippen LogP contribution is -1.84. The van der Waals surface area contributed by atoms with E-state index in [1.807, 2.05) is 0 Å². The summed E-state index contributed by atoms with van der Waals surface area (Å²) in [6.07, 6.45) is 0.